The summed E-state index contributed by atoms with van der Waals surface area (Å²) in [6.07, 6.45) is 0. The maximum atomic E-state index is 13.4. The SMILES string of the molecule is Cc1ccc(C)c(NC(=O)CN(Cc2ccc(Cl)cc2Cl)S(=O)(=O)c2ccc(Br)cc2)c1. The van der Waals surface area contributed by atoms with Crippen molar-refractivity contribution in [3.63, 3.8) is 0 Å². The number of hydrogen-bond acceptors (Lipinski definition) is 3. The molecule has 1 N–H and O–H groups in total. The highest BCUT2D eigenvalue weighted by Crippen LogP contribution is 2.26. The molecule has 0 saturated heterocycles. The first-order valence-corrected chi connectivity index (χ1v) is 12.6. The lowest BCUT2D eigenvalue weighted by Gasteiger charge is -2.23. The number of nitrogens with zero attached hydrogens (tertiary/aromatic N) is 1. The van der Waals surface area contributed by atoms with Gasteiger partial charge in [-0.2, -0.15) is 4.31 Å². The van der Waals surface area contributed by atoms with Gasteiger partial charge in [0.25, 0.3) is 0 Å². The number of carbonyl (C=O) groups excluding carboxylic acids is 1. The van der Waals surface area contributed by atoms with Crippen LogP contribution in [0.5, 0.6) is 0 Å². The summed E-state index contributed by atoms with van der Waals surface area (Å²) >= 11 is 15.6. The lowest BCUT2D eigenvalue weighted by atomic mass is 10.1. The van der Waals surface area contributed by atoms with E-state index in [1.807, 2.05) is 32.0 Å². The molecule has 0 saturated carbocycles. The molecular weight excluding hydrogens is 535 g/mol. The smallest absolute Gasteiger partial charge is 0.243 e. The zero-order valence-electron chi connectivity index (χ0n) is 17.4. The van der Waals surface area contributed by atoms with Crippen LogP contribution < -0.4 is 5.32 Å². The first kappa shape index (κ1) is 24.7. The zero-order chi connectivity index (χ0) is 23.5. The lowest BCUT2D eigenvalue weighted by Crippen LogP contribution is -2.37. The summed E-state index contributed by atoms with van der Waals surface area (Å²) in [5, 5.41) is 3.58. The average Bonchev–Trinajstić information content (AvgIpc) is 2.72. The zero-order valence-corrected chi connectivity index (χ0v) is 21.3. The van der Waals surface area contributed by atoms with Gasteiger partial charge in [-0.05, 0) is 73.0 Å². The van der Waals surface area contributed by atoms with Gasteiger partial charge in [0.05, 0.1) is 11.4 Å². The Hall–Kier alpha value is -1.90. The molecule has 0 aliphatic carbocycles. The highest BCUT2D eigenvalue weighted by atomic mass is 79.9. The summed E-state index contributed by atoms with van der Waals surface area (Å²) in [4.78, 5) is 12.9. The first-order valence-electron chi connectivity index (χ1n) is 9.63. The topological polar surface area (TPSA) is 66.5 Å². The highest BCUT2D eigenvalue weighted by molar-refractivity contribution is 9.10. The van der Waals surface area contributed by atoms with Crippen LogP contribution in [0.1, 0.15) is 16.7 Å². The summed E-state index contributed by atoms with van der Waals surface area (Å²) in [5.41, 5.74) is 3.04. The van der Waals surface area contributed by atoms with Gasteiger partial charge in [-0.3, -0.25) is 4.79 Å². The molecule has 168 valence electrons. The molecule has 0 aromatic heterocycles. The molecule has 0 aliphatic rings. The number of anilines is 1. The number of aryl methyl sites for hydroxylation is 2. The summed E-state index contributed by atoms with van der Waals surface area (Å²) in [7, 11) is -3.99. The van der Waals surface area contributed by atoms with E-state index >= 15 is 0 Å². The minimum Gasteiger partial charge on any atom is -0.325 e. The van der Waals surface area contributed by atoms with Gasteiger partial charge in [0.1, 0.15) is 0 Å². The predicted octanol–water partition coefficient (Wildman–Crippen LogP) is 6.20. The molecule has 3 aromatic rings. The summed E-state index contributed by atoms with van der Waals surface area (Å²) in [6, 6.07) is 16.7. The molecule has 3 rings (SSSR count). The summed E-state index contributed by atoms with van der Waals surface area (Å²) in [6.45, 7) is 3.32. The van der Waals surface area contributed by atoms with Gasteiger partial charge >= 0.3 is 0 Å². The molecule has 5 nitrogen and oxygen atoms in total. The van der Waals surface area contributed by atoms with E-state index in [0.29, 0.717) is 21.3 Å². The van der Waals surface area contributed by atoms with Crippen LogP contribution in [-0.4, -0.2) is 25.2 Å². The van der Waals surface area contributed by atoms with Gasteiger partial charge in [0.15, 0.2) is 0 Å². The molecule has 1 amide bonds. The van der Waals surface area contributed by atoms with Crippen LogP contribution in [0.2, 0.25) is 10.0 Å². The first-order chi connectivity index (χ1) is 15.1. The van der Waals surface area contributed by atoms with Gasteiger partial charge in [-0.1, -0.05) is 57.3 Å². The number of halogens is 3. The van der Waals surface area contributed by atoms with Gasteiger partial charge in [0, 0.05) is 26.8 Å². The number of sulfonamides is 1. The number of nitrogens with one attached hydrogen (secondary N) is 1. The molecular formula is C23H21BrCl2N2O3S. The molecule has 0 heterocycles. The van der Waals surface area contributed by atoms with Crippen LogP contribution >= 0.6 is 39.1 Å². The average molecular weight is 556 g/mol. The quantitative estimate of drug-likeness (QED) is 0.377. The maximum Gasteiger partial charge on any atom is 0.243 e. The Morgan fingerprint density at radius 1 is 1.00 bits per heavy atom. The highest BCUT2D eigenvalue weighted by Gasteiger charge is 2.28. The molecule has 0 radical (unpaired) electrons. The Morgan fingerprint density at radius 3 is 2.34 bits per heavy atom. The second-order valence-corrected chi connectivity index (χ2v) is 11.0. The molecule has 3 aromatic carbocycles. The van der Waals surface area contributed by atoms with Crippen LogP contribution in [0.15, 0.2) is 70.0 Å². The van der Waals surface area contributed by atoms with Crippen LogP contribution in [0, 0.1) is 13.8 Å². The van der Waals surface area contributed by atoms with Crippen molar-refractivity contribution in [3.05, 3.63) is 91.9 Å². The second-order valence-electron chi connectivity index (χ2n) is 7.33. The molecule has 9 heteroatoms. The third-order valence-electron chi connectivity index (χ3n) is 4.80. The molecule has 0 unspecified atom stereocenters. The van der Waals surface area contributed by atoms with Crippen molar-refractivity contribution in [1.82, 2.24) is 4.31 Å². The van der Waals surface area contributed by atoms with Gasteiger partial charge in [0.2, 0.25) is 15.9 Å². The van der Waals surface area contributed by atoms with E-state index in [-0.39, 0.29) is 18.0 Å². The third-order valence-corrected chi connectivity index (χ3v) is 7.72. The van der Waals surface area contributed by atoms with E-state index in [1.54, 1.807) is 30.3 Å². The Morgan fingerprint density at radius 2 is 1.69 bits per heavy atom. The van der Waals surface area contributed by atoms with Crippen molar-refractivity contribution >= 4 is 60.7 Å². The minimum absolute atomic E-state index is 0.0744. The van der Waals surface area contributed by atoms with Crippen LogP contribution in [0.3, 0.4) is 0 Å². The van der Waals surface area contributed by atoms with Gasteiger partial charge in [-0.15, -0.1) is 0 Å². The van der Waals surface area contributed by atoms with Crippen LogP contribution in [0.25, 0.3) is 0 Å². The van der Waals surface area contributed by atoms with E-state index in [4.69, 9.17) is 23.2 Å². The van der Waals surface area contributed by atoms with Crippen molar-refractivity contribution in [2.24, 2.45) is 0 Å². The Labute approximate surface area is 206 Å². The number of benzene rings is 3. The van der Waals surface area contributed by atoms with E-state index in [9.17, 15) is 13.2 Å². The van der Waals surface area contributed by atoms with E-state index in [0.717, 1.165) is 19.9 Å². The number of hydrogen-bond donors (Lipinski definition) is 1. The fraction of sp³-hybridized carbons (Fsp3) is 0.174. The van der Waals surface area contributed by atoms with E-state index < -0.39 is 15.9 Å². The Kier molecular flexibility index (Phi) is 8.01. The van der Waals surface area contributed by atoms with Gasteiger partial charge < -0.3 is 5.32 Å². The number of rotatable bonds is 7. The molecule has 0 atom stereocenters. The Bertz CT molecular complexity index is 1250. The van der Waals surface area contributed by atoms with Crippen molar-refractivity contribution < 1.29 is 13.2 Å². The maximum absolute atomic E-state index is 13.4. The molecule has 0 spiro atoms. The Balaban J connectivity index is 1.93. The molecule has 0 bridgehead atoms. The summed E-state index contributed by atoms with van der Waals surface area (Å²) in [5.74, 6) is -0.454. The normalized spacial score (nSPS) is 11.6. The number of amides is 1. The third kappa shape index (κ3) is 6.11. The monoisotopic (exact) mass is 554 g/mol. The molecule has 0 fully saturated rings. The van der Waals surface area contributed by atoms with Crippen LogP contribution in [0.4, 0.5) is 5.69 Å². The predicted molar refractivity (Wildman–Crippen MR) is 133 cm³/mol. The number of carbonyl (C=O) groups is 1. The van der Waals surface area contributed by atoms with Gasteiger partial charge in [-0.25, -0.2) is 8.42 Å². The van der Waals surface area contributed by atoms with Crippen molar-refractivity contribution in [2.75, 3.05) is 11.9 Å². The second kappa shape index (κ2) is 10.4. The fourth-order valence-electron chi connectivity index (χ4n) is 3.04. The summed E-state index contributed by atoms with van der Waals surface area (Å²) < 4.78 is 28.6. The lowest BCUT2D eigenvalue weighted by molar-refractivity contribution is -0.116. The largest absolute Gasteiger partial charge is 0.325 e. The standard InChI is InChI=1S/C23H21BrCl2N2O3S/c1-15-3-4-16(2)22(11-15)27-23(29)14-28(13-17-5-8-19(25)12-21(17)26)32(30,31)20-9-6-18(24)7-10-20/h3-12H,13-14H2,1-2H3,(H,27,29). The van der Waals surface area contributed by atoms with E-state index in [1.165, 1.54) is 12.1 Å². The van der Waals surface area contributed by atoms with Crippen molar-refractivity contribution in [2.45, 2.75) is 25.3 Å². The van der Waals surface area contributed by atoms with Crippen molar-refractivity contribution in [3.8, 4) is 0 Å². The molecule has 32 heavy (non-hydrogen) atoms. The fourth-order valence-corrected chi connectivity index (χ4v) is 5.15. The minimum atomic E-state index is -3.99. The van der Waals surface area contributed by atoms with Crippen molar-refractivity contribution in [1.29, 1.82) is 0 Å². The molecule has 0 aliphatic heterocycles. The van der Waals surface area contributed by atoms with E-state index in [2.05, 4.69) is 21.2 Å². The van der Waals surface area contributed by atoms with Crippen LogP contribution in [-0.2, 0) is 21.4 Å².